The maximum Gasteiger partial charge on any atom is 0.160 e. The predicted octanol–water partition coefficient (Wildman–Crippen LogP) is 1.31. The maximum atomic E-state index is 12.1. The molecule has 0 saturated carbocycles. The smallest absolute Gasteiger partial charge is 0.160 e. The summed E-state index contributed by atoms with van der Waals surface area (Å²) in [7, 11) is 6.10. The van der Waals surface area contributed by atoms with E-state index in [0.29, 0.717) is 0 Å². The summed E-state index contributed by atoms with van der Waals surface area (Å²) in [6.45, 7) is 2.20. The van der Waals surface area contributed by atoms with Crippen LogP contribution in [0.15, 0.2) is 18.2 Å². The summed E-state index contributed by atoms with van der Waals surface area (Å²) in [5, 5.41) is 3.06. The lowest BCUT2D eigenvalue weighted by Crippen LogP contribution is -2.23. The van der Waals surface area contributed by atoms with Crippen molar-refractivity contribution in [3.8, 4) is 0 Å². The Balaban J connectivity index is 0.000000293. The molecule has 5 heteroatoms. The standard InChI is InChI=1S/C6H5F2N.C5H14N2/c7-5-2-1-4(9)3-6(5)8;1-6-4-5-7(2)3/h1-3H,9H2;6H,4-5H2,1-3H3. The van der Waals surface area contributed by atoms with Gasteiger partial charge in [-0.15, -0.1) is 0 Å². The molecule has 0 heterocycles. The van der Waals surface area contributed by atoms with Crippen LogP contribution in [0.1, 0.15) is 0 Å². The first-order chi connectivity index (χ1) is 7.47. The molecule has 0 aliphatic carbocycles. The van der Waals surface area contributed by atoms with Gasteiger partial charge >= 0.3 is 0 Å². The van der Waals surface area contributed by atoms with E-state index in [1.54, 1.807) is 0 Å². The van der Waals surface area contributed by atoms with E-state index in [9.17, 15) is 8.78 Å². The molecule has 1 rings (SSSR count). The normalized spacial score (nSPS) is 9.88. The van der Waals surface area contributed by atoms with Gasteiger partial charge in [0.2, 0.25) is 0 Å². The summed E-state index contributed by atoms with van der Waals surface area (Å²) >= 11 is 0. The Morgan fingerprint density at radius 3 is 2.19 bits per heavy atom. The van der Waals surface area contributed by atoms with Crippen molar-refractivity contribution >= 4 is 5.69 Å². The minimum atomic E-state index is -0.907. The fourth-order valence-electron chi connectivity index (χ4n) is 0.848. The highest BCUT2D eigenvalue weighted by Crippen LogP contribution is 2.08. The topological polar surface area (TPSA) is 41.3 Å². The van der Waals surface area contributed by atoms with E-state index in [4.69, 9.17) is 5.73 Å². The van der Waals surface area contributed by atoms with E-state index < -0.39 is 11.6 Å². The number of halogens is 2. The summed E-state index contributed by atoms with van der Waals surface area (Å²) < 4.78 is 24.2. The lowest BCUT2D eigenvalue weighted by Gasteiger charge is -2.06. The summed E-state index contributed by atoms with van der Waals surface area (Å²) in [6, 6.07) is 3.23. The lowest BCUT2D eigenvalue weighted by atomic mass is 10.3. The Morgan fingerprint density at radius 2 is 1.88 bits per heavy atom. The second-order valence-electron chi connectivity index (χ2n) is 3.58. The number of nitrogens with zero attached hydrogens (tertiary/aromatic N) is 1. The fourth-order valence-corrected chi connectivity index (χ4v) is 0.848. The van der Waals surface area contributed by atoms with Crippen LogP contribution >= 0.6 is 0 Å². The van der Waals surface area contributed by atoms with Gasteiger partial charge in [0, 0.05) is 18.8 Å². The molecule has 0 bridgehead atoms. The number of rotatable bonds is 3. The zero-order valence-electron chi connectivity index (χ0n) is 9.93. The first-order valence-corrected chi connectivity index (χ1v) is 4.97. The van der Waals surface area contributed by atoms with E-state index in [2.05, 4.69) is 24.3 Å². The van der Waals surface area contributed by atoms with Crippen molar-refractivity contribution in [2.45, 2.75) is 0 Å². The van der Waals surface area contributed by atoms with Crippen LogP contribution in [-0.4, -0.2) is 39.1 Å². The van der Waals surface area contributed by atoms with Gasteiger partial charge < -0.3 is 16.0 Å². The van der Waals surface area contributed by atoms with E-state index in [-0.39, 0.29) is 5.69 Å². The Kier molecular flexibility index (Phi) is 7.41. The number of nitrogens with one attached hydrogen (secondary N) is 1. The molecular formula is C11H19F2N3. The molecule has 0 aliphatic rings. The molecule has 0 radical (unpaired) electrons. The summed E-state index contributed by atoms with van der Waals surface area (Å²) in [5.41, 5.74) is 5.35. The van der Waals surface area contributed by atoms with Gasteiger partial charge in [-0.25, -0.2) is 8.78 Å². The zero-order chi connectivity index (χ0) is 12.6. The van der Waals surface area contributed by atoms with Gasteiger partial charge in [-0.1, -0.05) is 0 Å². The van der Waals surface area contributed by atoms with Gasteiger partial charge in [0.15, 0.2) is 11.6 Å². The molecule has 1 aromatic rings. The molecule has 1 aromatic carbocycles. The minimum absolute atomic E-state index is 0.230. The van der Waals surface area contributed by atoms with Crippen LogP contribution in [-0.2, 0) is 0 Å². The third kappa shape index (κ3) is 7.14. The van der Waals surface area contributed by atoms with Crippen LogP contribution in [0, 0.1) is 11.6 Å². The molecule has 0 amide bonds. The molecule has 16 heavy (non-hydrogen) atoms. The van der Waals surface area contributed by atoms with E-state index >= 15 is 0 Å². The Hall–Kier alpha value is -1.20. The Bertz CT molecular complexity index is 303. The number of nitrogens with two attached hydrogens (primary N) is 1. The van der Waals surface area contributed by atoms with E-state index in [0.717, 1.165) is 25.2 Å². The molecule has 3 nitrogen and oxygen atoms in total. The average molecular weight is 231 g/mol. The van der Waals surface area contributed by atoms with Gasteiger partial charge in [-0.3, -0.25) is 0 Å². The number of benzene rings is 1. The monoisotopic (exact) mass is 231 g/mol. The second kappa shape index (κ2) is 8.01. The molecule has 0 atom stereocenters. The lowest BCUT2D eigenvalue weighted by molar-refractivity contribution is 0.407. The molecule has 0 spiro atoms. The first kappa shape index (κ1) is 14.8. The maximum absolute atomic E-state index is 12.1. The van der Waals surface area contributed by atoms with Crippen molar-refractivity contribution in [3.63, 3.8) is 0 Å². The van der Waals surface area contributed by atoms with Crippen LogP contribution in [0.3, 0.4) is 0 Å². The number of nitrogen functional groups attached to an aromatic ring is 1. The highest BCUT2D eigenvalue weighted by atomic mass is 19.2. The van der Waals surface area contributed by atoms with Crippen LogP contribution < -0.4 is 11.1 Å². The molecule has 0 aromatic heterocycles. The van der Waals surface area contributed by atoms with Crippen LogP contribution in [0.5, 0.6) is 0 Å². The van der Waals surface area contributed by atoms with Crippen LogP contribution in [0.25, 0.3) is 0 Å². The molecule has 92 valence electrons. The zero-order valence-corrected chi connectivity index (χ0v) is 9.93. The van der Waals surface area contributed by atoms with E-state index in [1.165, 1.54) is 6.07 Å². The third-order valence-electron chi connectivity index (χ3n) is 1.75. The van der Waals surface area contributed by atoms with Gasteiger partial charge in [-0.2, -0.15) is 0 Å². The van der Waals surface area contributed by atoms with Crippen molar-refractivity contribution in [1.82, 2.24) is 10.2 Å². The third-order valence-corrected chi connectivity index (χ3v) is 1.75. The molecule has 0 saturated heterocycles. The fraction of sp³-hybridized carbons (Fsp3) is 0.455. The quantitative estimate of drug-likeness (QED) is 0.771. The van der Waals surface area contributed by atoms with Crippen molar-refractivity contribution in [2.24, 2.45) is 0 Å². The Morgan fingerprint density at radius 1 is 1.25 bits per heavy atom. The van der Waals surface area contributed by atoms with Crippen molar-refractivity contribution in [3.05, 3.63) is 29.8 Å². The highest BCUT2D eigenvalue weighted by molar-refractivity contribution is 5.37. The number of likely N-dealkylation sites (N-methyl/N-ethyl adjacent to an activating group) is 2. The summed E-state index contributed by atoms with van der Waals surface area (Å²) in [6.07, 6.45) is 0. The van der Waals surface area contributed by atoms with Gasteiger partial charge in [-0.05, 0) is 39.3 Å². The Labute approximate surface area is 95.2 Å². The molecule has 0 unspecified atom stereocenters. The van der Waals surface area contributed by atoms with Crippen molar-refractivity contribution in [2.75, 3.05) is 40.0 Å². The number of anilines is 1. The summed E-state index contributed by atoms with van der Waals surface area (Å²) in [5.74, 6) is -1.78. The second-order valence-corrected chi connectivity index (χ2v) is 3.58. The number of hydrogen-bond donors (Lipinski definition) is 2. The van der Waals surface area contributed by atoms with Gasteiger partial charge in [0.25, 0.3) is 0 Å². The van der Waals surface area contributed by atoms with Crippen LogP contribution in [0.4, 0.5) is 14.5 Å². The average Bonchev–Trinajstić information content (AvgIpc) is 2.22. The van der Waals surface area contributed by atoms with Crippen molar-refractivity contribution < 1.29 is 8.78 Å². The molecule has 0 fully saturated rings. The minimum Gasteiger partial charge on any atom is -0.399 e. The predicted molar refractivity (Wildman–Crippen MR) is 63.3 cm³/mol. The SMILES string of the molecule is CNCCN(C)C.Nc1ccc(F)c(F)c1. The largest absolute Gasteiger partial charge is 0.399 e. The summed E-state index contributed by atoms with van der Waals surface area (Å²) in [4.78, 5) is 2.15. The molecule has 3 N–H and O–H groups in total. The van der Waals surface area contributed by atoms with Gasteiger partial charge in [0.1, 0.15) is 0 Å². The van der Waals surface area contributed by atoms with E-state index in [1.807, 2.05) is 7.05 Å². The highest BCUT2D eigenvalue weighted by Gasteiger charge is 1.97. The van der Waals surface area contributed by atoms with Crippen molar-refractivity contribution in [1.29, 1.82) is 0 Å². The molecule has 0 aliphatic heterocycles. The van der Waals surface area contributed by atoms with Gasteiger partial charge in [0.05, 0.1) is 0 Å². The first-order valence-electron chi connectivity index (χ1n) is 4.97. The molecular weight excluding hydrogens is 212 g/mol. The van der Waals surface area contributed by atoms with Crippen LogP contribution in [0.2, 0.25) is 0 Å². The number of hydrogen-bond acceptors (Lipinski definition) is 3.